The summed E-state index contributed by atoms with van der Waals surface area (Å²) in [6.45, 7) is 1.22. The first kappa shape index (κ1) is 21.1. The Morgan fingerprint density at radius 2 is 1.52 bits per heavy atom. The maximum Gasteiger partial charge on any atom is 0.317 e. The monoisotopic (exact) mass is 423 g/mol. The molecule has 1 saturated carbocycles. The van der Waals surface area contributed by atoms with Crippen molar-refractivity contribution >= 4 is 11.9 Å². The average molecular weight is 424 g/mol. The Bertz CT molecular complexity index is 961. The van der Waals surface area contributed by atoms with Crippen molar-refractivity contribution in [1.29, 1.82) is 0 Å². The fourth-order valence-corrected chi connectivity index (χ4v) is 4.29. The van der Waals surface area contributed by atoms with Crippen molar-refractivity contribution in [2.75, 3.05) is 13.1 Å². The number of carbonyl (C=O) groups excluding carboxylic acids is 2. The van der Waals surface area contributed by atoms with Gasteiger partial charge in [-0.3, -0.25) is 9.59 Å². The third-order valence-corrected chi connectivity index (χ3v) is 6.08. The summed E-state index contributed by atoms with van der Waals surface area (Å²) in [5.74, 6) is -0.310. The molecule has 2 N–H and O–H groups in total. The van der Waals surface area contributed by atoms with Crippen LogP contribution in [0, 0.1) is 0 Å². The number of piperidine rings is 1. The third-order valence-electron chi connectivity index (χ3n) is 6.08. The number of nitrogens with zero attached hydrogens (tertiary/aromatic N) is 3. The maximum atomic E-state index is 12.7. The zero-order valence-corrected chi connectivity index (χ0v) is 17.6. The second-order valence-corrected chi connectivity index (χ2v) is 8.32. The fraction of sp³-hybridized carbons (Fsp3) is 0.478. The highest BCUT2D eigenvalue weighted by atomic mass is 16.2. The van der Waals surface area contributed by atoms with Gasteiger partial charge in [0, 0.05) is 31.2 Å². The van der Waals surface area contributed by atoms with Crippen molar-refractivity contribution in [3.63, 3.8) is 0 Å². The summed E-state index contributed by atoms with van der Waals surface area (Å²) in [5.41, 5.74) is 0.514. The van der Waals surface area contributed by atoms with E-state index in [4.69, 9.17) is 0 Å². The van der Waals surface area contributed by atoms with E-state index in [1.165, 1.54) is 36.1 Å². The topological polar surface area (TPSA) is 96.3 Å². The number of rotatable bonds is 4. The van der Waals surface area contributed by atoms with Gasteiger partial charge in [-0.25, -0.2) is 4.79 Å². The molecule has 1 saturated heterocycles. The quantitative estimate of drug-likeness (QED) is 0.790. The first-order valence-corrected chi connectivity index (χ1v) is 11.1. The van der Waals surface area contributed by atoms with Gasteiger partial charge in [0.2, 0.25) is 0 Å². The van der Waals surface area contributed by atoms with Gasteiger partial charge in [0.1, 0.15) is 5.69 Å². The molecule has 0 bridgehead atoms. The number of aromatic nitrogens is 2. The number of para-hydroxylation sites is 1. The van der Waals surface area contributed by atoms with Gasteiger partial charge in [0.15, 0.2) is 0 Å². The Morgan fingerprint density at radius 1 is 0.839 bits per heavy atom. The minimum absolute atomic E-state index is 0.00767. The van der Waals surface area contributed by atoms with Crippen molar-refractivity contribution in [1.82, 2.24) is 25.3 Å². The number of hydrogen-bond acceptors (Lipinski definition) is 4. The van der Waals surface area contributed by atoms with Gasteiger partial charge >= 0.3 is 6.03 Å². The van der Waals surface area contributed by atoms with E-state index in [9.17, 15) is 14.4 Å². The SMILES string of the molecule is O=C(NC1CCN(C(=O)NC2CCCCC2)CC1)c1ccc(=O)n(-c2ccccc2)n1. The summed E-state index contributed by atoms with van der Waals surface area (Å²) >= 11 is 0. The highest BCUT2D eigenvalue weighted by Crippen LogP contribution is 2.18. The fourth-order valence-electron chi connectivity index (χ4n) is 4.29. The molecular weight excluding hydrogens is 394 g/mol. The van der Waals surface area contributed by atoms with Crippen LogP contribution in [0.2, 0.25) is 0 Å². The van der Waals surface area contributed by atoms with Crippen molar-refractivity contribution in [3.8, 4) is 5.69 Å². The molecule has 1 aromatic heterocycles. The van der Waals surface area contributed by atoms with E-state index < -0.39 is 0 Å². The molecule has 1 aromatic carbocycles. The van der Waals surface area contributed by atoms with E-state index >= 15 is 0 Å². The van der Waals surface area contributed by atoms with Crippen LogP contribution in [-0.2, 0) is 0 Å². The lowest BCUT2D eigenvalue weighted by molar-refractivity contribution is 0.0910. The first-order valence-electron chi connectivity index (χ1n) is 11.1. The van der Waals surface area contributed by atoms with E-state index in [2.05, 4.69) is 15.7 Å². The van der Waals surface area contributed by atoms with Crippen LogP contribution in [0.15, 0.2) is 47.3 Å². The predicted molar refractivity (Wildman–Crippen MR) is 117 cm³/mol. The average Bonchev–Trinajstić information content (AvgIpc) is 2.81. The van der Waals surface area contributed by atoms with E-state index in [0.717, 1.165) is 12.8 Å². The van der Waals surface area contributed by atoms with Crippen LogP contribution in [0.5, 0.6) is 0 Å². The number of urea groups is 1. The third kappa shape index (κ3) is 5.31. The van der Waals surface area contributed by atoms with Crippen molar-refractivity contribution in [2.24, 2.45) is 0 Å². The van der Waals surface area contributed by atoms with Crippen molar-refractivity contribution in [2.45, 2.75) is 57.0 Å². The molecule has 2 fully saturated rings. The number of hydrogen-bond donors (Lipinski definition) is 2. The van der Waals surface area contributed by atoms with Gasteiger partial charge < -0.3 is 15.5 Å². The maximum absolute atomic E-state index is 12.7. The van der Waals surface area contributed by atoms with Gasteiger partial charge in [0.05, 0.1) is 5.69 Å². The van der Waals surface area contributed by atoms with Crippen LogP contribution in [0.25, 0.3) is 5.69 Å². The molecule has 31 heavy (non-hydrogen) atoms. The predicted octanol–water partition coefficient (Wildman–Crippen LogP) is 2.47. The molecular formula is C23H29N5O3. The largest absolute Gasteiger partial charge is 0.348 e. The Balaban J connectivity index is 1.31. The highest BCUT2D eigenvalue weighted by molar-refractivity contribution is 5.92. The molecule has 1 aliphatic carbocycles. The normalized spacial score (nSPS) is 17.9. The number of nitrogens with one attached hydrogen (secondary N) is 2. The summed E-state index contributed by atoms with van der Waals surface area (Å²) in [7, 11) is 0. The molecule has 2 aliphatic rings. The molecule has 0 unspecified atom stereocenters. The van der Waals surface area contributed by atoms with Crippen LogP contribution in [-0.4, -0.2) is 51.8 Å². The lowest BCUT2D eigenvalue weighted by atomic mass is 9.95. The molecule has 1 aliphatic heterocycles. The van der Waals surface area contributed by atoms with Gasteiger partial charge in [-0.05, 0) is 43.9 Å². The summed E-state index contributed by atoms with van der Waals surface area (Å²) in [4.78, 5) is 39.2. The van der Waals surface area contributed by atoms with Crippen LogP contribution in [0.4, 0.5) is 4.79 Å². The molecule has 8 nitrogen and oxygen atoms in total. The molecule has 0 spiro atoms. The van der Waals surface area contributed by atoms with Crippen LogP contribution < -0.4 is 16.2 Å². The minimum Gasteiger partial charge on any atom is -0.348 e. The van der Waals surface area contributed by atoms with E-state index in [1.54, 1.807) is 12.1 Å². The van der Waals surface area contributed by atoms with E-state index in [0.29, 0.717) is 37.7 Å². The lowest BCUT2D eigenvalue weighted by Gasteiger charge is -2.34. The smallest absolute Gasteiger partial charge is 0.317 e. The Kier molecular flexibility index (Phi) is 6.64. The van der Waals surface area contributed by atoms with Gasteiger partial charge in [0.25, 0.3) is 11.5 Å². The molecule has 0 atom stereocenters. The molecule has 2 heterocycles. The first-order chi connectivity index (χ1) is 15.1. The van der Waals surface area contributed by atoms with Crippen LogP contribution in [0.1, 0.15) is 55.4 Å². The van der Waals surface area contributed by atoms with Crippen LogP contribution in [0.3, 0.4) is 0 Å². The van der Waals surface area contributed by atoms with Crippen LogP contribution >= 0.6 is 0 Å². The standard InChI is InChI=1S/C23H29N5O3/c29-21-12-11-20(26-28(21)19-9-5-2-6-10-19)22(30)24-18-13-15-27(16-14-18)23(31)25-17-7-3-1-4-8-17/h2,5-6,9-12,17-18H,1,3-4,7-8,13-16H2,(H,24,30)(H,25,31). The Labute approximate surface area is 181 Å². The van der Waals surface area contributed by atoms with E-state index in [1.807, 2.05) is 23.1 Å². The molecule has 8 heteroatoms. The number of benzene rings is 1. The van der Waals surface area contributed by atoms with E-state index in [-0.39, 0.29) is 29.2 Å². The van der Waals surface area contributed by atoms with Gasteiger partial charge in [-0.1, -0.05) is 37.5 Å². The van der Waals surface area contributed by atoms with Crippen molar-refractivity contribution in [3.05, 3.63) is 58.5 Å². The van der Waals surface area contributed by atoms with Crippen molar-refractivity contribution < 1.29 is 9.59 Å². The summed E-state index contributed by atoms with van der Waals surface area (Å²) in [6, 6.07) is 12.1. The summed E-state index contributed by atoms with van der Waals surface area (Å²) in [5, 5.41) is 10.4. The zero-order chi connectivity index (χ0) is 21.6. The summed E-state index contributed by atoms with van der Waals surface area (Å²) in [6.07, 6.45) is 7.15. The number of carbonyl (C=O) groups is 2. The summed E-state index contributed by atoms with van der Waals surface area (Å²) < 4.78 is 1.23. The Morgan fingerprint density at radius 3 is 2.23 bits per heavy atom. The van der Waals surface area contributed by atoms with Gasteiger partial charge in [-0.2, -0.15) is 9.78 Å². The molecule has 0 radical (unpaired) electrons. The minimum atomic E-state index is -0.310. The number of amides is 3. The number of likely N-dealkylation sites (tertiary alicyclic amines) is 1. The second kappa shape index (κ2) is 9.76. The molecule has 164 valence electrons. The van der Waals surface area contributed by atoms with Gasteiger partial charge in [-0.15, -0.1) is 0 Å². The molecule has 4 rings (SSSR count). The molecule has 2 aromatic rings. The second-order valence-electron chi connectivity index (χ2n) is 8.32. The molecule has 3 amide bonds. The lowest BCUT2D eigenvalue weighted by Crippen LogP contribution is -2.51. The highest BCUT2D eigenvalue weighted by Gasteiger charge is 2.26. The Hall–Kier alpha value is -3.16. The zero-order valence-electron chi connectivity index (χ0n) is 17.6.